The fraction of sp³-hybridized carbons (Fsp3) is 0.529. The van der Waals surface area contributed by atoms with Gasteiger partial charge in [0.25, 0.3) is 0 Å². The van der Waals surface area contributed by atoms with Crippen molar-refractivity contribution in [3.8, 4) is 0 Å². The zero-order valence-corrected chi connectivity index (χ0v) is 14.6. The second-order valence-corrected chi connectivity index (χ2v) is 6.72. The summed E-state index contributed by atoms with van der Waals surface area (Å²) in [6, 6.07) is 7.69. The van der Waals surface area contributed by atoms with Crippen LogP contribution in [-0.4, -0.2) is 42.5 Å². The fourth-order valence-electron chi connectivity index (χ4n) is 2.45. The number of hydrogen-bond donors (Lipinski definition) is 2. The molecule has 23 heavy (non-hydrogen) atoms. The van der Waals surface area contributed by atoms with Gasteiger partial charge < -0.3 is 15.8 Å². The number of benzene rings is 1. The molecular weight excluding hydrogens is 310 g/mol. The number of ether oxygens (including phenoxy) is 1. The number of rotatable bonds is 8. The Morgan fingerprint density at radius 2 is 2.13 bits per heavy atom. The van der Waals surface area contributed by atoms with Crippen LogP contribution in [0, 0.1) is 0 Å². The van der Waals surface area contributed by atoms with E-state index in [4.69, 9.17) is 15.5 Å². The van der Waals surface area contributed by atoms with Crippen molar-refractivity contribution in [2.45, 2.75) is 37.5 Å². The van der Waals surface area contributed by atoms with Crippen molar-refractivity contribution in [1.29, 1.82) is 0 Å². The van der Waals surface area contributed by atoms with Crippen molar-refractivity contribution >= 4 is 28.4 Å². The molecule has 1 heterocycles. The van der Waals surface area contributed by atoms with Gasteiger partial charge in [-0.3, -0.25) is 9.79 Å². The molecule has 3 N–H and O–H groups in total. The summed E-state index contributed by atoms with van der Waals surface area (Å²) in [7, 11) is 1.63. The Hall–Kier alpha value is -1.53. The maximum Gasteiger partial charge on any atom is 0.235 e. The van der Waals surface area contributed by atoms with Crippen LogP contribution < -0.4 is 11.1 Å². The number of methoxy groups -OCH3 is 1. The van der Waals surface area contributed by atoms with Crippen LogP contribution in [0.1, 0.15) is 31.7 Å². The molecule has 1 aromatic rings. The van der Waals surface area contributed by atoms with E-state index in [1.54, 1.807) is 18.9 Å². The monoisotopic (exact) mass is 335 g/mol. The van der Waals surface area contributed by atoms with Crippen LogP contribution in [-0.2, 0) is 9.53 Å². The van der Waals surface area contributed by atoms with Crippen molar-refractivity contribution in [3.05, 3.63) is 29.8 Å². The molecule has 0 aliphatic carbocycles. The van der Waals surface area contributed by atoms with E-state index < -0.39 is 0 Å². The molecule has 126 valence electrons. The molecule has 0 saturated heterocycles. The van der Waals surface area contributed by atoms with Crippen molar-refractivity contribution < 1.29 is 9.53 Å². The Morgan fingerprint density at radius 3 is 2.78 bits per heavy atom. The number of aliphatic imine (C=N–C) groups is 1. The van der Waals surface area contributed by atoms with E-state index in [2.05, 4.69) is 12.2 Å². The minimum atomic E-state index is -0.161. The lowest BCUT2D eigenvalue weighted by atomic mass is 10.1. The molecule has 5 nitrogen and oxygen atoms in total. The number of anilines is 1. The smallest absolute Gasteiger partial charge is 0.235 e. The summed E-state index contributed by atoms with van der Waals surface area (Å²) in [5.41, 5.74) is 7.50. The lowest BCUT2D eigenvalue weighted by molar-refractivity contribution is -0.121. The number of nitrogen functional groups attached to an aromatic ring is 1. The number of unbranched alkanes of at least 4 members (excludes halogenated alkanes) is 1. The second kappa shape index (κ2) is 8.93. The number of carbonyl (C=O) groups excluding carboxylic acids is 1. The molecule has 0 radical (unpaired) electrons. The van der Waals surface area contributed by atoms with Crippen molar-refractivity contribution in [2.24, 2.45) is 4.99 Å². The molecular formula is C17H25N3O2S. The van der Waals surface area contributed by atoms with E-state index in [9.17, 15) is 4.79 Å². The van der Waals surface area contributed by atoms with Crippen molar-refractivity contribution in [2.75, 3.05) is 26.0 Å². The highest BCUT2D eigenvalue weighted by molar-refractivity contribution is 8.15. The topological polar surface area (TPSA) is 76.7 Å². The molecule has 1 amide bonds. The Kier molecular flexibility index (Phi) is 6.92. The molecule has 1 aliphatic rings. The molecule has 0 fully saturated rings. The first kappa shape index (κ1) is 17.8. The lowest BCUT2D eigenvalue weighted by Gasteiger charge is -2.16. The number of amides is 1. The first-order chi connectivity index (χ1) is 11.2. The van der Waals surface area contributed by atoms with Gasteiger partial charge in [-0.05, 0) is 18.6 Å². The maximum atomic E-state index is 12.4. The third-order valence-electron chi connectivity index (χ3n) is 3.75. The standard InChI is InChI=1S/C17H25N3O2S/c1-3-4-5-14-15(16(21)19-10-11-22-2)23-17(20-14)12-6-8-13(18)9-7-12/h6-9,14-15H,3-5,10-11,18H2,1-2H3,(H,19,21). The first-order valence-electron chi connectivity index (χ1n) is 8.02. The molecule has 0 bridgehead atoms. The highest BCUT2D eigenvalue weighted by Gasteiger charge is 2.35. The zero-order valence-electron chi connectivity index (χ0n) is 13.7. The molecule has 2 rings (SSSR count). The number of hydrogen-bond acceptors (Lipinski definition) is 5. The number of nitrogens with one attached hydrogen (secondary N) is 1. The van der Waals surface area contributed by atoms with Crippen LogP contribution >= 0.6 is 11.8 Å². The van der Waals surface area contributed by atoms with E-state index >= 15 is 0 Å². The average Bonchev–Trinajstić information content (AvgIpc) is 2.98. The number of nitrogens with two attached hydrogens (primary N) is 1. The molecule has 0 saturated carbocycles. The van der Waals surface area contributed by atoms with E-state index in [0.717, 1.165) is 35.6 Å². The van der Waals surface area contributed by atoms with Crippen LogP contribution in [0.25, 0.3) is 0 Å². The van der Waals surface area contributed by atoms with E-state index in [0.29, 0.717) is 13.2 Å². The average molecular weight is 335 g/mol. The summed E-state index contributed by atoms with van der Waals surface area (Å²) in [6.07, 6.45) is 3.11. The quantitative estimate of drug-likeness (QED) is 0.565. The van der Waals surface area contributed by atoms with Gasteiger partial charge in [0.2, 0.25) is 5.91 Å². The summed E-state index contributed by atoms with van der Waals surface area (Å²) in [4.78, 5) is 17.2. The lowest BCUT2D eigenvalue weighted by Crippen LogP contribution is -2.39. The Labute approximate surface area is 142 Å². The predicted octanol–water partition coefficient (Wildman–Crippen LogP) is 2.45. The minimum Gasteiger partial charge on any atom is -0.399 e. The fourth-order valence-corrected chi connectivity index (χ4v) is 3.70. The normalized spacial score (nSPS) is 20.3. The van der Waals surface area contributed by atoms with Gasteiger partial charge in [0.1, 0.15) is 5.25 Å². The Balaban J connectivity index is 2.07. The zero-order chi connectivity index (χ0) is 16.7. The van der Waals surface area contributed by atoms with Crippen molar-refractivity contribution in [1.82, 2.24) is 5.32 Å². The number of thioether (sulfide) groups is 1. The number of nitrogens with zero attached hydrogens (tertiary/aromatic N) is 1. The van der Waals surface area contributed by atoms with Crippen LogP contribution in [0.3, 0.4) is 0 Å². The molecule has 6 heteroatoms. The summed E-state index contributed by atoms with van der Waals surface area (Å²) in [5, 5.41) is 3.70. The summed E-state index contributed by atoms with van der Waals surface area (Å²) in [5.74, 6) is 0.0438. The van der Waals surface area contributed by atoms with Crippen LogP contribution in [0.4, 0.5) is 5.69 Å². The van der Waals surface area contributed by atoms with E-state index in [1.165, 1.54) is 0 Å². The molecule has 2 unspecified atom stereocenters. The van der Waals surface area contributed by atoms with Crippen LogP contribution in [0.15, 0.2) is 29.3 Å². The molecule has 0 aromatic heterocycles. The third kappa shape index (κ3) is 4.97. The highest BCUT2D eigenvalue weighted by atomic mass is 32.2. The van der Waals surface area contributed by atoms with Gasteiger partial charge in [-0.1, -0.05) is 43.7 Å². The van der Waals surface area contributed by atoms with Gasteiger partial charge in [0.05, 0.1) is 17.7 Å². The van der Waals surface area contributed by atoms with Gasteiger partial charge in [0, 0.05) is 24.9 Å². The minimum absolute atomic E-state index is 0.0371. The predicted molar refractivity (Wildman–Crippen MR) is 97.0 cm³/mol. The largest absolute Gasteiger partial charge is 0.399 e. The summed E-state index contributed by atoms with van der Waals surface area (Å²) >= 11 is 1.55. The number of carbonyl (C=O) groups is 1. The van der Waals surface area contributed by atoms with Gasteiger partial charge in [-0.15, -0.1) is 0 Å². The van der Waals surface area contributed by atoms with Crippen LogP contribution in [0.5, 0.6) is 0 Å². The Bertz CT molecular complexity index is 545. The SMILES string of the molecule is CCCCC1N=C(c2ccc(N)cc2)SC1C(=O)NCCOC. The molecule has 2 atom stereocenters. The Morgan fingerprint density at radius 1 is 1.39 bits per heavy atom. The molecule has 0 spiro atoms. The third-order valence-corrected chi connectivity index (χ3v) is 5.09. The van der Waals surface area contributed by atoms with Crippen molar-refractivity contribution in [3.63, 3.8) is 0 Å². The highest BCUT2D eigenvalue weighted by Crippen LogP contribution is 2.33. The van der Waals surface area contributed by atoms with Gasteiger partial charge in [-0.25, -0.2) is 0 Å². The van der Waals surface area contributed by atoms with Crippen LogP contribution in [0.2, 0.25) is 0 Å². The molecule has 1 aromatic carbocycles. The van der Waals surface area contributed by atoms with E-state index in [1.807, 2.05) is 24.3 Å². The summed E-state index contributed by atoms with van der Waals surface area (Å²) in [6.45, 7) is 3.21. The summed E-state index contributed by atoms with van der Waals surface area (Å²) < 4.78 is 4.99. The second-order valence-electron chi connectivity index (χ2n) is 5.59. The van der Waals surface area contributed by atoms with Gasteiger partial charge in [0.15, 0.2) is 0 Å². The molecule has 1 aliphatic heterocycles. The van der Waals surface area contributed by atoms with Gasteiger partial charge >= 0.3 is 0 Å². The van der Waals surface area contributed by atoms with E-state index in [-0.39, 0.29) is 17.2 Å². The first-order valence-corrected chi connectivity index (χ1v) is 8.90. The maximum absolute atomic E-state index is 12.4. The van der Waals surface area contributed by atoms with Gasteiger partial charge in [-0.2, -0.15) is 0 Å².